The molecule has 0 saturated carbocycles. The lowest BCUT2D eigenvalue weighted by Crippen LogP contribution is -3.00. The molecule has 11 nitrogen and oxygen atoms in total. The van der Waals surface area contributed by atoms with E-state index in [1.54, 1.807) is 0 Å². The van der Waals surface area contributed by atoms with Gasteiger partial charge >= 0.3 is 0 Å². The van der Waals surface area contributed by atoms with Gasteiger partial charge in [-0.15, -0.1) is 9.13 Å². The van der Waals surface area contributed by atoms with Gasteiger partial charge in [0.1, 0.15) is 22.1 Å². The summed E-state index contributed by atoms with van der Waals surface area (Å²) >= 11 is 0. The predicted octanol–water partition coefficient (Wildman–Crippen LogP) is 13.5. The van der Waals surface area contributed by atoms with E-state index in [1.165, 1.54) is 0 Å². The first-order valence-corrected chi connectivity index (χ1v) is 29.6. The number of hydrogen-bond acceptors (Lipinski definition) is 9. The number of anilines is 14. The fourth-order valence-corrected chi connectivity index (χ4v) is 11.0. The molecular weight excluding hydrogens is 1160 g/mol. The van der Waals surface area contributed by atoms with Gasteiger partial charge in [0, 0.05) is 94.0 Å². The molecule has 0 unspecified atom stereocenters. The Balaban J connectivity index is 0.000000174. The zero-order valence-electron chi connectivity index (χ0n) is 49.2. The van der Waals surface area contributed by atoms with Crippen molar-refractivity contribution in [3.63, 3.8) is 0 Å². The molecule has 13 aromatic carbocycles. The van der Waals surface area contributed by atoms with Crippen LogP contribution in [0.25, 0.3) is 55.5 Å². The van der Waals surface area contributed by atoms with Crippen LogP contribution in [0.15, 0.2) is 328 Å². The lowest BCUT2D eigenvalue weighted by Gasteiger charge is -2.17. The molecule has 0 aliphatic carbocycles. The summed E-state index contributed by atoms with van der Waals surface area (Å²) in [7, 11) is 0. The van der Waals surface area contributed by atoms with Gasteiger partial charge in [0.05, 0.1) is 34.1 Å². The molecule has 91 heavy (non-hydrogen) atoms. The monoisotopic (exact) mass is 1220 g/mol. The fraction of sp³-hybridized carbons (Fsp3) is 0. The first kappa shape index (κ1) is 59.6. The van der Waals surface area contributed by atoms with Crippen molar-refractivity contribution in [2.45, 2.75) is 0 Å². The van der Waals surface area contributed by atoms with Gasteiger partial charge in [0.15, 0.2) is 0 Å². The Labute approximate surface area is 540 Å². The maximum Gasteiger partial charge on any atom is 0.239 e. The minimum atomic E-state index is 0. The summed E-state index contributed by atoms with van der Waals surface area (Å²) in [6.45, 7) is 0. The highest BCUT2D eigenvalue weighted by molar-refractivity contribution is 5.97. The minimum Gasteiger partial charge on any atom is -1.00 e. The minimum absolute atomic E-state index is 0. The molecule has 0 aliphatic rings. The highest BCUT2D eigenvalue weighted by atomic mass is 35.5. The van der Waals surface area contributed by atoms with E-state index in [0.29, 0.717) is 0 Å². The number of nitrogens with one attached hydrogen (secondary N) is 7. The van der Waals surface area contributed by atoms with Gasteiger partial charge in [0.25, 0.3) is 0 Å². The van der Waals surface area contributed by atoms with Crippen LogP contribution < -0.4 is 71.2 Å². The average Bonchev–Trinajstić information content (AvgIpc) is 0.846. The number of para-hydroxylation sites is 9. The molecule has 0 radical (unpaired) electrons. The quantitative estimate of drug-likeness (QED) is 0.0375. The zero-order chi connectivity index (χ0) is 59.6. The van der Waals surface area contributed by atoms with Crippen molar-refractivity contribution in [1.82, 2.24) is 9.97 Å². The first-order valence-electron chi connectivity index (χ1n) is 29.6. The van der Waals surface area contributed by atoms with Crippen molar-refractivity contribution in [3.8, 4) is 11.4 Å². The molecule has 7 N–H and O–H groups in total. The van der Waals surface area contributed by atoms with Crippen LogP contribution in [0.4, 0.5) is 79.6 Å². The second kappa shape index (κ2) is 27.9. The number of fused-ring (bicyclic) bond motifs is 4. The summed E-state index contributed by atoms with van der Waals surface area (Å²) in [5.74, 6) is 0. The molecule has 442 valence electrons. The predicted molar refractivity (Wildman–Crippen MR) is 370 cm³/mol. The Bertz CT molecular complexity index is 4750. The second-order valence-electron chi connectivity index (χ2n) is 21.4. The molecule has 0 saturated heterocycles. The van der Waals surface area contributed by atoms with Crippen LogP contribution in [0.2, 0.25) is 0 Å². The van der Waals surface area contributed by atoms with Gasteiger partial charge in [-0.1, -0.05) is 164 Å². The Morgan fingerprint density at radius 2 is 0.407 bits per heavy atom. The number of hydrogen-bond donors (Lipinski definition) is 7. The van der Waals surface area contributed by atoms with E-state index in [1.807, 2.05) is 140 Å². The topological polar surface area (TPSA) is 118 Å². The Hall–Kier alpha value is -11.8. The fourth-order valence-electron chi connectivity index (χ4n) is 11.0. The first-order chi connectivity index (χ1) is 44.1. The highest BCUT2D eigenvalue weighted by Crippen LogP contribution is 2.38. The summed E-state index contributed by atoms with van der Waals surface area (Å²) in [5.41, 5.74) is 23.3. The van der Waals surface area contributed by atoms with E-state index in [2.05, 4.69) is 234 Å². The van der Waals surface area contributed by atoms with Gasteiger partial charge in [-0.05, 0) is 115 Å². The van der Waals surface area contributed by atoms with Gasteiger partial charge in [0.2, 0.25) is 33.4 Å². The number of aromatic nitrogens is 4. The van der Waals surface area contributed by atoms with Crippen molar-refractivity contribution >= 4 is 124 Å². The molecule has 13 heteroatoms. The van der Waals surface area contributed by atoms with Crippen molar-refractivity contribution in [2.24, 2.45) is 0 Å². The molecule has 0 aliphatic heterocycles. The van der Waals surface area contributed by atoms with Crippen LogP contribution >= 0.6 is 0 Å². The Morgan fingerprint density at radius 3 is 0.681 bits per heavy atom. The van der Waals surface area contributed by atoms with Crippen molar-refractivity contribution < 1.29 is 33.9 Å². The zero-order valence-corrected chi connectivity index (χ0v) is 50.7. The van der Waals surface area contributed by atoms with Gasteiger partial charge in [-0.25, -0.2) is 9.97 Å². The second-order valence-corrected chi connectivity index (χ2v) is 21.4. The van der Waals surface area contributed by atoms with Gasteiger partial charge < -0.3 is 62.0 Å². The smallest absolute Gasteiger partial charge is 0.239 e. The molecular formula is C78H61Cl2N11. The highest BCUT2D eigenvalue weighted by Gasteiger charge is 2.26. The maximum atomic E-state index is 5.31. The molecule has 0 amide bonds. The number of rotatable bonds is 16. The third-order valence-corrected chi connectivity index (χ3v) is 15.2. The van der Waals surface area contributed by atoms with Crippen molar-refractivity contribution in [3.05, 3.63) is 328 Å². The summed E-state index contributed by atoms with van der Waals surface area (Å²) in [5, 5.41) is 25.4. The van der Waals surface area contributed by atoms with Gasteiger partial charge in [-0.3, -0.25) is 0 Å². The standard InChI is InChI=1S/C42H32N6.C36H27N5.2ClH/c1-6-16-30(17-7-1)43-35-26-39-41(28-37(35)45-32-20-10-3-11-21-32)48(34-24-14-5-15-25-34)42-29-38(46-33-22-12-4-13-23-33)36(27-40(42)47-39)44-31-18-8-2-9-19-31;1-5-13-26(14-6-1)37-29-21-22-31-35(23-29)41(30-19-11-4-12-20-30)36-25-33(39-28-17-9-3-10-18-28)32(24-34(36)40-31)38-27-15-7-2-8-16-27;;/h1-29H,(H3,43,44,45,46,47);1-25H,(H2,37,38,39,40);2*1H. The van der Waals surface area contributed by atoms with Gasteiger partial charge in [-0.2, -0.15) is 0 Å². The molecule has 15 aromatic rings. The Kier molecular flexibility index (Phi) is 18.3. The molecule has 0 atom stereocenters. The van der Waals surface area contributed by atoms with Crippen molar-refractivity contribution in [2.75, 3.05) is 37.2 Å². The third kappa shape index (κ3) is 13.8. The van der Waals surface area contributed by atoms with E-state index in [-0.39, 0.29) is 24.8 Å². The van der Waals surface area contributed by atoms with E-state index < -0.39 is 0 Å². The lowest BCUT2D eigenvalue weighted by atomic mass is 10.1. The summed E-state index contributed by atoms with van der Waals surface area (Å²) in [6, 6.07) is 112. The molecule has 2 aromatic heterocycles. The summed E-state index contributed by atoms with van der Waals surface area (Å²) in [4.78, 5) is 10.5. The molecule has 0 bridgehead atoms. The van der Waals surface area contributed by atoms with Crippen LogP contribution in [-0.4, -0.2) is 9.97 Å². The third-order valence-electron chi connectivity index (χ3n) is 15.2. The largest absolute Gasteiger partial charge is 1.00 e. The van der Waals surface area contributed by atoms with E-state index in [0.717, 1.165) is 135 Å². The van der Waals surface area contributed by atoms with Crippen LogP contribution in [0.1, 0.15) is 0 Å². The lowest BCUT2D eigenvalue weighted by molar-refractivity contribution is -0.538. The summed E-state index contributed by atoms with van der Waals surface area (Å²) in [6.07, 6.45) is 0. The van der Waals surface area contributed by atoms with Crippen LogP contribution in [0.3, 0.4) is 0 Å². The Morgan fingerprint density at radius 1 is 0.187 bits per heavy atom. The number of halogens is 2. The van der Waals surface area contributed by atoms with Crippen LogP contribution in [0, 0.1) is 0 Å². The SMILES string of the molecule is [Cl-].[Cl-].c1ccc(Nc2cc3nc4cc(Nc5ccccc5)c(Nc5ccccc5)cc4[n+](-c4ccccc4)c3cc2Nc2ccccc2)cc1.c1ccc(Nc2ccc3nc4cc(Nc5ccccc5)c(Nc5ccccc5)cc4[n+](-c4ccccc4)c3c2)cc1. The number of benzene rings is 13. The number of nitrogens with zero attached hydrogens (tertiary/aromatic N) is 4. The van der Waals surface area contributed by atoms with Crippen molar-refractivity contribution in [1.29, 1.82) is 0 Å². The summed E-state index contributed by atoms with van der Waals surface area (Å²) < 4.78 is 4.58. The van der Waals surface area contributed by atoms with E-state index >= 15 is 0 Å². The van der Waals surface area contributed by atoms with Crippen LogP contribution in [0.5, 0.6) is 0 Å². The molecule has 2 heterocycles. The average molecular weight is 1220 g/mol. The molecule has 15 rings (SSSR count). The molecule has 0 fully saturated rings. The normalized spacial score (nSPS) is 10.7. The van der Waals surface area contributed by atoms with E-state index in [4.69, 9.17) is 9.97 Å². The van der Waals surface area contributed by atoms with E-state index in [9.17, 15) is 0 Å². The molecule has 0 spiro atoms. The maximum absolute atomic E-state index is 5.31. The van der Waals surface area contributed by atoms with Crippen LogP contribution in [-0.2, 0) is 0 Å².